The van der Waals surface area contributed by atoms with E-state index in [4.69, 9.17) is 0 Å². The Morgan fingerprint density at radius 2 is 0.410 bits per heavy atom. The Labute approximate surface area is 195 Å². The van der Waals surface area contributed by atoms with E-state index in [0.29, 0.717) is 0 Å². The first-order valence-electron chi connectivity index (χ1n) is 8.01. The van der Waals surface area contributed by atoms with Gasteiger partial charge in [0.2, 0.25) is 0 Å². The van der Waals surface area contributed by atoms with Gasteiger partial charge in [0, 0.05) is 0 Å². The van der Waals surface area contributed by atoms with Crippen molar-refractivity contribution < 1.29 is 110 Å². The second-order valence-corrected chi connectivity index (χ2v) is 6.96. The molecule has 39 heavy (non-hydrogen) atoms. The first kappa shape index (κ1) is 36.8. The van der Waals surface area contributed by atoms with Crippen molar-refractivity contribution in [3.8, 4) is 12.3 Å². The predicted molar refractivity (Wildman–Crippen MR) is 69.3 cm³/mol. The van der Waals surface area contributed by atoms with Gasteiger partial charge in [0.15, 0.2) is 0 Å². The van der Waals surface area contributed by atoms with E-state index in [2.05, 4.69) is 6.42 Å². The second-order valence-electron chi connectivity index (χ2n) is 6.96. The van der Waals surface area contributed by atoms with E-state index in [-0.39, 0.29) is 0 Å². The molecule has 0 amide bonds. The molecule has 232 valence electrons. The predicted octanol–water partition coefficient (Wildman–Crippen LogP) is 8.17. The highest BCUT2D eigenvalue weighted by molar-refractivity contribution is 5.22. The van der Waals surface area contributed by atoms with Crippen molar-refractivity contribution in [2.45, 2.75) is 71.3 Å². The van der Waals surface area contributed by atoms with Gasteiger partial charge in [-0.25, -0.2) is 0 Å². The summed E-state index contributed by atoms with van der Waals surface area (Å²) in [6.07, 6.45) is -4.67. The molecule has 0 aromatic carbocycles. The number of terminal acetylenes is 1. The summed E-state index contributed by atoms with van der Waals surface area (Å²) in [5, 5.41) is 0. The lowest BCUT2D eigenvalue weighted by Crippen LogP contribution is -2.78. The standard InChI is InChI=1S/C14HF25/c1-2-3(15,16)4(17,18)5(19,20)6(21,22)7(23,24)8(25,26)9(27,28)10(29,30)11(31,32)12(33,34)13(35,36)14(37,38)39/h1H. The molecule has 0 nitrogen and oxygen atoms in total. The van der Waals surface area contributed by atoms with Crippen LogP contribution in [0, 0.1) is 12.3 Å². The molecule has 0 N–H and O–H groups in total. The van der Waals surface area contributed by atoms with Crippen molar-refractivity contribution in [1.82, 2.24) is 0 Å². The third-order valence-electron chi connectivity index (χ3n) is 4.48. The summed E-state index contributed by atoms with van der Waals surface area (Å²) >= 11 is 0. The molecule has 0 fully saturated rings. The van der Waals surface area contributed by atoms with E-state index < -0.39 is 77.2 Å². The Kier molecular flexibility index (Phi) is 8.17. The van der Waals surface area contributed by atoms with Crippen LogP contribution in [0.3, 0.4) is 0 Å². The zero-order valence-corrected chi connectivity index (χ0v) is 16.5. The van der Waals surface area contributed by atoms with Gasteiger partial charge in [-0.3, -0.25) is 0 Å². The van der Waals surface area contributed by atoms with E-state index in [1.54, 1.807) is 0 Å². The maximum Gasteiger partial charge on any atom is 0.460 e. The third kappa shape index (κ3) is 4.11. The molecule has 25 heteroatoms. The lowest BCUT2D eigenvalue weighted by molar-refractivity contribution is -0.481. The molecule has 0 atom stereocenters. The van der Waals surface area contributed by atoms with Crippen LogP contribution in [0.4, 0.5) is 110 Å². The Hall–Kier alpha value is -2.19. The van der Waals surface area contributed by atoms with Crippen molar-refractivity contribution >= 4 is 0 Å². The molecule has 0 aromatic rings. The maximum absolute atomic E-state index is 13.5. The molecule has 0 spiro atoms. The molecular formula is C14HF25. The zero-order valence-electron chi connectivity index (χ0n) is 16.5. The third-order valence-corrected chi connectivity index (χ3v) is 4.48. The molecule has 0 heterocycles. The molecule has 0 radical (unpaired) electrons. The molecule has 0 unspecified atom stereocenters. The Bertz CT molecular complexity index is 954. The van der Waals surface area contributed by atoms with Crippen molar-refractivity contribution in [1.29, 1.82) is 0 Å². The minimum absolute atomic E-state index is 0.775. The van der Waals surface area contributed by atoms with Gasteiger partial charge < -0.3 is 0 Å². The highest BCUT2D eigenvalue weighted by Gasteiger charge is 2.99. The largest absolute Gasteiger partial charge is 0.460 e. The number of hydrogen-bond donors (Lipinski definition) is 0. The summed E-state index contributed by atoms with van der Waals surface area (Å²) in [5.74, 6) is -99.5. The lowest BCUT2D eigenvalue weighted by Gasteiger charge is -2.45. The van der Waals surface area contributed by atoms with Crippen LogP contribution in [0.15, 0.2) is 0 Å². The smallest absolute Gasteiger partial charge is 0.192 e. The van der Waals surface area contributed by atoms with Crippen LogP contribution in [0.1, 0.15) is 0 Å². The van der Waals surface area contributed by atoms with E-state index >= 15 is 0 Å². The first-order chi connectivity index (χ1) is 16.3. The van der Waals surface area contributed by atoms with Crippen molar-refractivity contribution in [3.63, 3.8) is 0 Å². The zero-order chi connectivity index (χ0) is 32.7. The normalized spacial score (nSPS) is 16.8. The average molecular weight is 644 g/mol. The van der Waals surface area contributed by atoms with Crippen molar-refractivity contribution in [2.24, 2.45) is 0 Å². The Balaban J connectivity index is 7.34. The van der Waals surface area contributed by atoms with Crippen LogP contribution in [0.5, 0.6) is 0 Å². The van der Waals surface area contributed by atoms with E-state index in [9.17, 15) is 110 Å². The number of alkyl halides is 25. The maximum atomic E-state index is 13.5. The highest BCUT2D eigenvalue weighted by atomic mass is 19.4. The minimum atomic E-state index is -9.60. The summed E-state index contributed by atoms with van der Waals surface area (Å²) in [7, 11) is 0. The van der Waals surface area contributed by atoms with Gasteiger partial charge in [-0.2, -0.15) is 110 Å². The summed E-state index contributed by atoms with van der Waals surface area (Å²) in [6, 6.07) is 0. The van der Waals surface area contributed by atoms with Crippen molar-refractivity contribution in [3.05, 3.63) is 0 Å². The molecule has 0 aliphatic heterocycles. The minimum Gasteiger partial charge on any atom is -0.192 e. The molecule has 0 aliphatic carbocycles. The van der Waals surface area contributed by atoms with Gasteiger partial charge in [0.1, 0.15) is 0 Å². The fraction of sp³-hybridized carbons (Fsp3) is 0.857. The fourth-order valence-corrected chi connectivity index (χ4v) is 2.04. The SMILES string of the molecule is C#CC(F)(F)C(F)(F)C(F)(F)C(F)(F)C(F)(F)C(F)(F)C(F)(F)C(F)(F)C(F)(F)C(F)(F)C(F)(F)C(F)(F)F. The number of hydrogen-bond acceptors (Lipinski definition) is 0. The van der Waals surface area contributed by atoms with Crippen LogP contribution in [-0.4, -0.2) is 71.3 Å². The van der Waals surface area contributed by atoms with E-state index in [1.807, 2.05) is 0 Å². The van der Waals surface area contributed by atoms with Crippen LogP contribution in [0.2, 0.25) is 0 Å². The van der Waals surface area contributed by atoms with E-state index in [1.165, 1.54) is 0 Å². The summed E-state index contributed by atoms with van der Waals surface area (Å²) < 4.78 is 326. The topological polar surface area (TPSA) is 0 Å². The monoisotopic (exact) mass is 644 g/mol. The molecule has 0 rings (SSSR count). The summed E-state index contributed by atoms with van der Waals surface area (Å²) in [5.41, 5.74) is 0. The molecule has 0 saturated carbocycles. The van der Waals surface area contributed by atoms with Gasteiger partial charge in [-0.15, -0.1) is 6.42 Å². The first-order valence-corrected chi connectivity index (χ1v) is 8.01. The van der Waals surface area contributed by atoms with Gasteiger partial charge >= 0.3 is 71.3 Å². The molecular weight excluding hydrogens is 643 g/mol. The quantitative estimate of drug-likeness (QED) is 0.166. The molecule has 0 bridgehead atoms. The lowest BCUT2D eigenvalue weighted by atomic mass is 9.84. The molecule has 0 aliphatic rings. The van der Waals surface area contributed by atoms with Crippen LogP contribution in [-0.2, 0) is 0 Å². The summed E-state index contributed by atoms with van der Waals surface area (Å²) in [4.78, 5) is 0. The second kappa shape index (κ2) is 8.65. The fourth-order valence-electron chi connectivity index (χ4n) is 2.04. The van der Waals surface area contributed by atoms with Gasteiger partial charge in [0.05, 0.1) is 0 Å². The molecule has 0 aromatic heterocycles. The van der Waals surface area contributed by atoms with Gasteiger partial charge in [-0.1, -0.05) is 0 Å². The average Bonchev–Trinajstić information content (AvgIpc) is 2.71. The van der Waals surface area contributed by atoms with E-state index in [0.717, 1.165) is 0 Å². The van der Waals surface area contributed by atoms with Crippen LogP contribution in [0.25, 0.3) is 0 Å². The molecule has 0 saturated heterocycles. The van der Waals surface area contributed by atoms with Gasteiger partial charge in [-0.05, 0) is 5.92 Å². The van der Waals surface area contributed by atoms with Gasteiger partial charge in [0.25, 0.3) is 0 Å². The Morgan fingerprint density at radius 1 is 0.256 bits per heavy atom. The highest BCUT2D eigenvalue weighted by Crippen LogP contribution is 2.67. The van der Waals surface area contributed by atoms with Crippen LogP contribution >= 0.6 is 0 Å². The Morgan fingerprint density at radius 3 is 0.564 bits per heavy atom. The number of halogens is 25. The number of rotatable bonds is 10. The summed E-state index contributed by atoms with van der Waals surface area (Å²) in [6.45, 7) is 0. The van der Waals surface area contributed by atoms with Crippen molar-refractivity contribution in [2.75, 3.05) is 0 Å². The van der Waals surface area contributed by atoms with Crippen LogP contribution < -0.4 is 0 Å².